The van der Waals surface area contributed by atoms with E-state index >= 15 is 0 Å². The molecule has 7 heteroatoms. The Morgan fingerprint density at radius 2 is 2.04 bits per heavy atom. The zero-order chi connectivity index (χ0) is 19.9. The summed E-state index contributed by atoms with van der Waals surface area (Å²) in [5.41, 5.74) is 3.33. The van der Waals surface area contributed by atoms with Crippen molar-refractivity contribution in [1.82, 2.24) is 10.6 Å². The van der Waals surface area contributed by atoms with Crippen LogP contribution in [0.2, 0.25) is 0 Å². The summed E-state index contributed by atoms with van der Waals surface area (Å²) >= 11 is 0. The molecule has 2 aromatic rings. The van der Waals surface area contributed by atoms with Crippen molar-refractivity contribution >= 4 is 11.6 Å². The van der Waals surface area contributed by atoms with Crippen LogP contribution in [0.4, 0.5) is 14.5 Å². The van der Waals surface area contributed by atoms with Crippen molar-refractivity contribution in [1.29, 1.82) is 0 Å². The molecule has 0 radical (unpaired) electrons. The zero-order valence-electron chi connectivity index (χ0n) is 16.2. The molecule has 1 fully saturated rings. The van der Waals surface area contributed by atoms with E-state index in [4.69, 9.17) is 0 Å². The number of guanidine groups is 1. The van der Waals surface area contributed by atoms with Gasteiger partial charge in [-0.05, 0) is 43.2 Å². The Balaban J connectivity index is 1.50. The number of hydrogen-bond acceptors (Lipinski definition) is 3. The lowest BCUT2D eigenvalue weighted by Crippen LogP contribution is -2.44. The summed E-state index contributed by atoms with van der Waals surface area (Å²) in [5.74, 6) is 0.845. The highest BCUT2D eigenvalue weighted by Crippen LogP contribution is 2.21. The van der Waals surface area contributed by atoms with Crippen LogP contribution in [-0.2, 0) is 6.54 Å². The molecule has 2 aromatic carbocycles. The second-order valence-electron chi connectivity index (χ2n) is 6.86. The molecule has 0 spiro atoms. The molecule has 0 aliphatic carbocycles. The van der Waals surface area contributed by atoms with E-state index in [1.54, 1.807) is 19.2 Å². The Hall–Kier alpha value is -2.83. The molecule has 150 valence electrons. The molecule has 0 bridgehead atoms. The average Bonchev–Trinajstić information content (AvgIpc) is 3.14. The van der Waals surface area contributed by atoms with Crippen LogP contribution in [0.15, 0.2) is 53.5 Å². The van der Waals surface area contributed by atoms with E-state index in [1.165, 1.54) is 17.3 Å². The lowest BCUT2D eigenvalue weighted by atomic mass is 10.2. The van der Waals surface area contributed by atoms with Crippen LogP contribution < -0.4 is 20.3 Å². The van der Waals surface area contributed by atoms with E-state index < -0.39 is 6.61 Å². The number of benzene rings is 2. The van der Waals surface area contributed by atoms with Crippen molar-refractivity contribution in [2.75, 3.05) is 25.0 Å². The van der Waals surface area contributed by atoms with Crippen molar-refractivity contribution in [3.63, 3.8) is 0 Å². The monoisotopic (exact) mass is 388 g/mol. The summed E-state index contributed by atoms with van der Waals surface area (Å²) in [6.07, 6.45) is 1.02. The molecule has 28 heavy (non-hydrogen) atoms. The lowest BCUT2D eigenvalue weighted by Gasteiger charge is -2.20. The van der Waals surface area contributed by atoms with Crippen LogP contribution in [0, 0.1) is 6.92 Å². The predicted molar refractivity (Wildman–Crippen MR) is 108 cm³/mol. The van der Waals surface area contributed by atoms with Crippen LogP contribution in [0.3, 0.4) is 0 Å². The minimum absolute atomic E-state index is 0.154. The number of nitrogens with zero attached hydrogens (tertiary/aromatic N) is 2. The van der Waals surface area contributed by atoms with Gasteiger partial charge in [-0.2, -0.15) is 8.78 Å². The third-order valence-electron chi connectivity index (χ3n) is 4.74. The molecule has 1 aliphatic rings. The zero-order valence-corrected chi connectivity index (χ0v) is 16.2. The molecule has 1 atom stereocenters. The van der Waals surface area contributed by atoms with E-state index in [9.17, 15) is 8.78 Å². The Morgan fingerprint density at radius 3 is 2.75 bits per heavy atom. The van der Waals surface area contributed by atoms with Gasteiger partial charge >= 0.3 is 6.61 Å². The number of hydrogen-bond donors (Lipinski definition) is 2. The first-order chi connectivity index (χ1) is 13.5. The summed E-state index contributed by atoms with van der Waals surface area (Å²) in [4.78, 5) is 6.63. The highest BCUT2D eigenvalue weighted by atomic mass is 19.3. The van der Waals surface area contributed by atoms with Crippen molar-refractivity contribution in [3.8, 4) is 5.75 Å². The van der Waals surface area contributed by atoms with Gasteiger partial charge < -0.3 is 20.3 Å². The number of ether oxygens (including phenoxy) is 1. The predicted octanol–water partition coefficient (Wildman–Crippen LogP) is 3.54. The van der Waals surface area contributed by atoms with Crippen molar-refractivity contribution < 1.29 is 13.5 Å². The van der Waals surface area contributed by atoms with Crippen LogP contribution in [0.5, 0.6) is 5.75 Å². The Morgan fingerprint density at radius 1 is 1.25 bits per heavy atom. The SMILES string of the molecule is CN=C(NCc1cccc(OC(F)F)c1)NC1CCN(c2ccc(C)cc2)C1. The summed E-state index contributed by atoms with van der Waals surface area (Å²) in [5, 5.41) is 6.67. The number of anilines is 1. The number of aliphatic imine (C=N–C) groups is 1. The highest BCUT2D eigenvalue weighted by molar-refractivity contribution is 5.80. The first kappa shape index (κ1) is 19.9. The number of nitrogens with one attached hydrogen (secondary N) is 2. The maximum atomic E-state index is 12.4. The van der Waals surface area contributed by atoms with Gasteiger partial charge in [0.05, 0.1) is 0 Å². The molecule has 2 N–H and O–H groups in total. The number of rotatable bonds is 6. The second kappa shape index (κ2) is 9.39. The minimum Gasteiger partial charge on any atom is -0.435 e. The molecular formula is C21H26F2N4O. The molecule has 1 aliphatic heterocycles. The first-order valence-corrected chi connectivity index (χ1v) is 9.36. The van der Waals surface area contributed by atoms with Gasteiger partial charge in [0, 0.05) is 38.4 Å². The van der Waals surface area contributed by atoms with Crippen LogP contribution in [-0.4, -0.2) is 38.8 Å². The summed E-state index contributed by atoms with van der Waals surface area (Å²) < 4.78 is 29.1. The Kier molecular flexibility index (Phi) is 6.68. The van der Waals surface area contributed by atoms with Crippen LogP contribution >= 0.6 is 0 Å². The van der Waals surface area contributed by atoms with Gasteiger partial charge in [0.25, 0.3) is 0 Å². The molecule has 1 unspecified atom stereocenters. The first-order valence-electron chi connectivity index (χ1n) is 9.36. The maximum absolute atomic E-state index is 12.4. The summed E-state index contributed by atoms with van der Waals surface area (Å²) in [7, 11) is 1.72. The smallest absolute Gasteiger partial charge is 0.387 e. The van der Waals surface area contributed by atoms with E-state index in [-0.39, 0.29) is 5.75 Å². The van der Waals surface area contributed by atoms with Gasteiger partial charge in [0.15, 0.2) is 5.96 Å². The van der Waals surface area contributed by atoms with Gasteiger partial charge in [-0.25, -0.2) is 0 Å². The highest BCUT2D eigenvalue weighted by Gasteiger charge is 2.23. The lowest BCUT2D eigenvalue weighted by molar-refractivity contribution is -0.0498. The molecule has 0 aromatic heterocycles. The molecule has 5 nitrogen and oxygen atoms in total. The molecule has 1 saturated heterocycles. The van der Waals surface area contributed by atoms with Gasteiger partial charge in [0.1, 0.15) is 5.75 Å². The molecule has 1 heterocycles. The van der Waals surface area contributed by atoms with E-state index in [1.807, 2.05) is 6.07 Å². The number of alkyl halides is 2. The summed E-state index contributed by atoms with van der Waals surface area (Å²) in [6, 6.07) is 15.5. The van der Waals surface area contributed by atoms with E-state index in [2.05, 4.69) is 56.5 Å². The van der Waals surface area contributed by atoms with Crippen LogP contribution in [0.1, 0.15) is 17.5 Å². The minimum atomic E-state index is -2.82. The average molecular weight is 388 g/mol. The Bertz CT molecular complexity index is 795. The fraction of sp³-hybridized carbons (Fsp3) is 0.381. The quantitative estimate of drug-likeness (QED) is 0.587. The van der Waals surface area contributed by atoms with Crippen molar-refractivity contribution in [3.05, 3.63) is 59.7 Å². The molecule has 3 rings (SSSR count). The topological polar surface area (TPSA) is 48.9 Å². The molecule has 0 amide bonds. The van der Waals surface area contributed by atoms with Gasteiger partial charge in [-0.1, -0.05) is 29.8 Å². The van der Waals surface area contributed by atoms with Gasteiger partial charge in [-0.15, -0.1) is 0 Å². The third-order valence-corrected chi connectivity index (χ3v) is 4.74. The summed E-state index contributed by atoms with van der Waals surface area (Å²) in [6.45, 7) is 1.63. The largest absolute Gasteiger partial charge is 0.435 e. The third kappa shape index (κ3) is 5.58. The Labute approximate surface area is 164 Å². The maximum Gasteiger partial charge on any atom is 0.387 e. The number of halogens is 2. The fourth-order valence-electron chi connectivity index (χ4n) is 3.27. The number of aryl methyl sites for hydroxylation is 1. The van der Waals surface area contributed by atoms with Crippen molar-refractivity contribution in [2.24, 2.45) is 4.99 Å². The van der Waals surface area contributed by atoms with E-state index in [0.717, 1.165) is 25.1 Å². The molecule has 0 saturated carbocycles. The molecular weight excluding hydrogens is 362 g/mol. The fourth-order valence-corrected chi connectivity index (χ4v) is 3.27. The van der Waals surface area contributed by atoms with E-state index in [0.29, 0.717) is 18.5 Å². The van der Waals surface area contributed by atoms with Crippen LogP contribution in [0.25, 0.3) is 0 Å². The van der Waals surface area contributed by atoms with Crippen molar-refractivity contribution in [2.45, 2.75) is 32.5 Å². The standard InChI is InChI=1S/C21H26F2N4O/c1-15-6-8-18(9-7-15)27-11-10-17(14-27)26-21(24-2)25-13-16-4-3-5-19(12-16)28-20(22)23/h3-9,12,17,20H,10-11,13-14H2,1-2H3,(H2,24,25,26). The normalized spacial score (nSPS) is 17.1. The van der Waals surface area contributed by atoms with Gasteiger partial charge in [-0.3, -0.25) is 4.99 Å². The van der Waals surface area contributed by atoms with Gasteiger partial charge in [0.2, 0.25) is 0 Å². The second-order valence-corrected chi connectivity index (χ2v) is 6.86.